The Balaban J connectivity index is 1.70. The lowest BCUT2D eigenvalue weighted by Gasteiger charge is -2.14. The Morgan fingerprint density at radius 1 is 1.31 bits per heavy atom. The number of Topliss-reactive ketones (excluding diaryl/α,β-unsaturated/α-hetero) is 1. The Bertz CT molecular complexity index is 903. The van der Waals surface area contributed by atoms with Crippen molar-refractivity contribution in [1.82, 2.24) is 9.55 Å². The topological polar surface area (TPSA) is 81.1 Å². The number of fused-ring (bicyclic) bond motifs is 1. The van der Waals surface area contributed by atoms with Gasteiger partial charge >= 0.3 is 0 Å². The number of ketones is 1. The number of rotatable bonds is 5. The lowest BCUT2D eigenvalue weighted by molar-refractivity contribution is -0.116. The molecule has 0 aliphatic carbocycles. The lowest BCUT2D eigenvalue weighted by atomic mass is 10.1. The maximum Gasteiger partial charge on any atom is 0.254 e. The van der Waals surface area contributed by atoms with E-state index in [0.29, 0.717) is 22.2 Å². The van der Waals surface area contributed by atoms with E-state index in [9.17, 15) is 14.4 Å². The molecule has 3 rings (SSSR count). The largest absolute Gasteiger partial charge is 0.326 e. The first-order valence-corrected chi connectivity index (χ1v) is 9.51. The quantitative estimate of drug-likeness (QED) is 0.644. The third kappa shape index (κ3) is 3.88. The third-order valence-electron chi connectivity index (χ3n) is 4.30. The van der Waals surface area contributed by atoms with Crippen molar-refractivity contribution in [2.24, 2.45) is 0 Å². The molecule has 136 valence electrons. The van der Waals surface area contributed by atoms with Crippen LogP contribution >= 0.6 is 11.8 Å². The van der Waals surface area contributed by atoms with Gasteiger partial charge in [-0.1, -0.05) is 25.6 Å². The van der Waals surface area contributed by atoms with Crippen molar-refractivity contribution in [1.29, 1.82) is 0 Å². The van der Waals surface area contributed by atoms with Crippen LogP contribution in [0.2, 0.25) is 0 Å². The fourth-order valence-electron chi connectivity index (χ4n) is 2.83. The van der Waals surface area contributed by atoms with Crippen LogP contribution in [-0.2, 0) is 4.79 Å². The van der Waals surface area contributed by atoms with E-state index in [1.807, 2.05) is 13.8 Å². The fraction of sp³-hybridized carbons (Fsp3) is 0.368. The second-order valence-electron chi connectivity index (χ2n) is 6.68. The average Bonchev–Trinajstić information content (AvgIpc) is 2.98. The molecule has 1 N–H and O–H groups in total. The van der Waals surface area contributed by atoms with Crippen LogP contribution < -0.4 is 10.9 Å². The molecule has 2 heterocycles. The van der Waals surface area contributed by atoms with Crippen molar-refractivity contribution in [2.45, 2.75) is 44.3 Å². The van der Waals surface area contributed by atoms with Gasteiger partial charge in [0.1, 0.15) is 0 Å². The van der Waals surface area contributed by atoms with E-state index in [2.05, 4.69) is 10.3 Å². The average molecular weight is 371 g/mol. The van der Waals surface area contributed by atoms with E-state index in [-0.39, 0.29) is 35.6 Å². The highest BCUT2D eigenvalue weighted by atomic mass is 32.2. The first-order valence-electron chi connectivity index (χ1n) is 8.52. The number of benzene rings is 1. The molecule has 1 amide bonds. The maximum atomic E-state index is 12.4. The van der Waals surface area contributed by atoms with Crippen molar-refractivity contribution >= 4 is 29.1 Å². The minimum atomic E-state index is -0.201. The summed E-state index contributed by atoms with van der Waals surface area (Å²) in [5, 5.41) is 3.50. The van der Waals surface area contributed by atoms with Gasteiger partial charge in [-0.3, -0.25) is 19.0 Å². The molecule has 0 radical (unpaired) electrons. The second-order valence-corrected chi connectivity index (χ2v) is 7.66. The highest BCUT2D eigenvalue weighted by Gasteiger charge is 2.28. The molecule has 7 heteroatoms. The molecule has 1 aromatic heterocycles. The summed E-state index contributed by atoms with van der Waals surface area (Å²) in [6.45, 7) is 5.50. The molecule has 1 atom stereocenters. The monoisotopic (exact) mass is 371 g/mol. The number of hydrogen-bond donors (Lipinski definition) is 1. The number of carbonyl (C=O) groups is 2. The molecule has 0 spiro atoms. The Morgan fingerprint density at radius 2 is 2.00 bits per heavy atom. The number of hydrogen-bond acceptors (Lipinski definition) is 5. The molecule has 0 fully saturated rings. The zero-order chi connectivity index (χ0) is 18.8. The normalized spacial score (nSPS) is 15.8. The summed E-state index contributed by atoms with van der Waals surface area (Å²) >= 11 is 1.51. The lowest BCUT2D eigenvalue weighted by Crippen LogP contribution is -2.28. The number of thioether (sulfide) groups is 1. The maximum absolute atomic E-state index is 12.4. The van der Waals surface area contributed by atoms with Crippen molar-refractivity contribution in [2.75, 3.05) is 11.1 Å². The zero-order valence-electron chi connectivity index (χ0n) is 15.0. The smallest absolute Gasteiger partial charge is 0.254 e. The number of anilines is 1. The Kier molecular flexibility index (Phi) is 5.27. The predicted molar refractivity (Wildman–Crippen MR) is 102 cm³/mol. The molecule has 1 aliphatic heterocycles. The SMILES string of the molecule is CC(=O)c1ccc(NC(=O)CC2CSc3nc(C(C)C)cc(=O)n32)cc1. The molecule has 0 bridgehead atoms. The number of aromatic nitrogens is 2. The van der Waals surface area contributed by atoms with E-state index in [0.717, 1.165) is 5.69 Å². The van der Waals surface area contributed by atoms with Gasteiger partial charge in [0.05, 0.1) is 11.7 Å². The molecule has 26 heavy (non-hydrogen) atoms. The molecular formula is C19H21N3O3S. The first-order chi connectivity index (χ1) is 12.3. The molecule has 1 aromatic carbocycles. The van der Waals surface area contributed by atoms with E-state index in [1.165, 1.54) is 18.7 Å². The summed E-state index contributed by atoms with van der Waals surface area (Å²) < 4.78 is 1.62. The molecule has 1 aliphatic rings. The summed E-state index contributed by atoms with van der Waals surface area (Å²) in [6, 6.07) is 8.13. The Labute approximate surface area is 156 Å². The molecule has 2 aromatic rings. The minimum absolute atomic E-state index is 0.0184. The van der Waals surface area contributed by atoms with Crippen molar-refractivity contribution in [3.05, 3.63) is 51.9 Å². The Morgan fingerprint density at radius 3 is 2.62 bits per heavy atom. The summed E-state index contributed by atoms with van der Waals surface area (Å²) in [4.78, 5) is 40.6. The highest BCUT2D eigenvalue weighted by molar-refractivity contribution is 7.99. The highest BCUT2D eigenvalue weighted by Crippen LogP contribution is 2.32. The van der Waals surface area contributed by atoms with Gasteiger partial charge in [-0.15, -0.1) is 0 Å². The van der Waals surface area contributed by atoms with Crippen molar-refractivity contribution in [3.8, 4) is 0 Å². The third-order valence-corrected chi connectivity index (χ3v) is 5.39. The predicted octanol–water partition coefficient (Wildman–Crippen LogP) is 3.24. The molecule has 6 nitrogen and oxygen atoms in total. The van der Waals surface area contributed by atoms with E-state index >= 15 is 0 Å². The number of nitrogens with zero attached hydrogens (tertiary/aromatic N) is 2. The number of nitrogens with one attached hydrogen (secondary N) is 1. The Hall–Kier alpha value is -2.41. The van der Waals surface area contributed by atoms with Crippen LogP contribution in [0.5, 0.6) is 0 Å². The molecule has 1 unspecified atom stereocenters. The number of carbonyl (C=O) groups excluding carboxylic acids is 2. The van der Waals surface area contributed by atoms with Crippen LogP contribution in [-0.4, -0.2) is 27.0 Å². The van der Waals surface area contributed by atoms with Crippen molar-refractivity contribution < 1.29 is 9.59 Å². The van der Waals surface area contributed by atoms with Crippen LogP contribution in [0.4, 0.5) is 5.69 Å². The first kappa shape index (κ1) is 18.4. The summed E-state index contributed by atoms with van der Waals surface area (Å²) in [5.41, 5.74) is 1.91. The van der Waals surface area contributed by atoms with Crippen LogP contribution in [0, 0.1) is 0 Å². The van der Waals surface area contributed by atoms with E-state index in [1.54, 1.807) is 34.9 Å². The van der Waals surface area contributed by atoms with Gasteiger partial charge in [0.2, 0.25) is 5.91 Å². The van der Waals surface area contributed by atoms with Gasteiger partial charge in [0, 0.05) is 29.5 Å². The van der Waals surface area contributed by atoms with Gasteiger partial charge < -0.3 is 5.32 Å². The van der Waals surface area contributed by atoms with Gasteiger partial charge in [0.25, 0.3) is 5.56 Å². The summed E-state index contributed by atoms with van der Waals surface area (Å²) in [7, 11) is 0. The molecular weight excluding hydrogens is 350 g/mol. The van der Waals surface area contributed by atoms with Gasteiger partial charge in [-0.25, -0.2) is 4.98 Å². The van der Waals surface area contributed by atoms with Crippen LogP contribution in [0.1, 0.15) is 55.2 Å². The van der Waals surface area contributed by atoms with Crippen LogP contribution in [0.15, 0.2) is 40.3 Å². The summed E-state index contributed by atoms with van der Waals surface area (Å²) in [6.07, 6.45) is 0.205. The van der Waals surface area contributed by atoms with Gasteiger partial charge in [-0.05, 0) is 37.1 Å². The van der Waals surface area contributed by atoms with E-state index in [4.69, 9.17) is 0 Å². The van der Waals surface area contributed by atoms with Crippen LogP contribution in [0.25, 0.3) is 0 Å². The molecule has 0 saturated heterocycles. The zero-order valence-corrected chi connectivity index (χ0v) is 15.8. The van der Waals surface area contributed by atoms with E-state index < -0.39 is 0 Å². The fourth-order valence-corrected chi connectivity index (χ4v) is 3.99. The molecule has 0 saturated carbocycles. The van der Waals surface area contributed by atoms with Gasteiger partial charge in [0.15, 0.2) is 10.9 Å². The van der Waals surface area contributed by atoms with Crippen LogP contribution in [0.3, 0.4) is 0 Å². The second kappa shape index (κ2) is 7.45. The number of amides is 1. The van der Waals surface area contributed by atoms with Crippen molar-refractivity contribution in [3.63, 3.8) is 0 Å². The standard InChI is InChI=1S/C19H21N3O3S/c1-11(2)16-9-18(25)22-15(10-26-19(22)21-16)8-17(24)20-14-6-4-13(5-7-14)12(3)23/h4-7,9,11,15H,8,10H2,1-3H3,(H,20,24). The van der Waals surface area contributed by atoms with Gasteiger partial charge in [-0.2, -0.15) is 0 Å². The summed E-state index contributed by atoms with van der Waals surface area (Å²) in [5.74, 6) is 0.656. The minimum Gasteiger partial charge on any atom is -0.326 e.